The van der Waals surface area contributed by atoms with E-state index < -0.39 is 33.0 Å². The Labute approximate surface area is 223 Å². The zero-order valence-corrected chi connectivity index (χ0v) is 21.9. The molecule has 208 valence electrons. The molecule has 2 heterocycles. The summed E-state index contributed by atoms with van der Waals surface area (Å²) in [6.45, 7) is 1.58. The number of hydrogen-bond donors (Lipinski definition) is 0. The number of alkyl halides is 3. The number of benzene rings is 2. The summed E-state index contributed by atoms with van der Waals surface area (Å²) in [5.41, 5.74) is -3.44. The third-order valence-corrected chi connectivity index (χ3v) is 8.05. The second kappa shape index (κ2) is 11.8. The highest BCUT2D eigenvalue weighted by Gasteiger charge is 2.50. The molecule has 2 aromatic carbocycles. The summed E-state index contributed by atoms with van der Waals surface area (Å²) in [4.78, 5) is 4.52. The Bertz CT molecular complexity index is 1410. The van der Waals surface area contributed by atoms with Gasteiger partial charge >= 0.3 is 15.5 Å². The van der Waals surface area contributed by atoms with Crippen molar-refractivity contribution in [3.63, 3.8) is 0 Å². The molecule has 0 bridgehead atoms. The van der Waals surface area contributed by atoms with Crippen LogP contribution in [0.4, 0.5) is 27.8 Å². The van der Waals surface area contributed by atoms with Crippen molar-refractivity contribution in [2.45, 2.75) is 57.0 Å². The van der Waals surface area contributed by atoms with Gasteiger partial charge < -0.3 is 0 Å². The third kappa shape index (κ3) is 6.26. The minimum atomic E-state index is -5.63. The molecule has 0 fully saturated rings. The van der Waals surface area contributed by atoms with Crippen molar-refractivity contribution >= 4 is 21.6 Å². The second-order valence-corrected chi connectivity index (χ2v) is 11.1. The molecule has 0 spiro atoms. The van der Waals surface area contributed by atoms with E-state index in [1.165, 1.54) is 30.3 Å². The lowest BCUT2D eigenvalue weighted by molar-refractivity contribution is -0.0438. The topological polar surface area (TPSA) is 75.5 Å². The number of halogens is 5. The Balaban J connectivity index is 1.52. The van der Waals surface area contributed by atoms with Gasteiger partial charge in [-0.25, -0.2) is 13.1 Å². The maximum absolute atomic E-state index is 14.1. The molecule has 1 atom stereocenters. The van der Waals surface area contributed by atoms with Gasteiger partial charge in [0.25, 0.3) is 0 Å². The van der Waals surface area contributed by atoms with Crippen molar-refractivity contribution in [3.8, 4) is 11.3 Å². The molecule has 4 rings (SSSR count). The summed E-state index contributed by atoms with van der Waals surface area (Å²) in [5.74, 6) is -1.72. The number of rotatable bonds is 10. The molecule has 0 radical (unpaired) electrons. The normalized spacial score (nSPS) is 15.8. The van der Waals surface area contributed by atoms with E-state index in [1.54, 1.807) is 24.3 Å². The van der Waals surface area contributed by atoms with Crippen LogP contribution in [0.3, 0.4) is 0 Å². The molecule has 1 aliphatic rings. The average molecular weight is 567 g/mol. The molecule has 0 saturated heterocycles. The van der Waals surface area contributed by atoms with E-state index in [-0.39, 0.29) is 28.9 Å². The fraction of sp³-hybridized carbons (Fsp3) is 0.370. The van der Waals surface area contributed by atoms with E-state index >= 15 is 0 Å². The molecular formula is C27H27F5N4O2S. The fourth-order valence-electron chi connectivity index (χ4n) is 4.45. The maximum atomic E-state index is 14.1. The van der Waals surface area contributed by atoms with Crippen LogP contribution in [-0.2, 0) is 10.0 Å². The van der Waals surface area contributed by atoms with E-state index in [1.807, 2.05) is 6.92 Å². The molecule has 1 unspecified atom stereocenters. The minimum absolute atomic E-state index is 0.112. The molecule has 0 saturated carbocycles. The molecule has 39 heavy (non-hydrogen) atoms. The minimum Gasteiger partial charge on any atom is -0.281 e. The first-order valence-electron chi connectivity index (χ1n) is 12.6. The lowest BCUT2D eigenvalue weighted by Crippen LogP contribution is -2.42. The molecule has 12 heteroatoms. The van der Waals surface area contributed by atoms with E-state index in [9.17, 15) is 30.4 Å². The number of anilines is 1. The molecule has 6 nitrogen and oxygen atoms in total. The van der Waals surface area contributed by atoms with Gasteiger partial charge in [0.05, 0.1) is 17.3 Å². The van der Waals surface area contributed by atoms with Crippen molar-refractivity contribution in [2.24, 2.45) is 4.99 Å². The highest BCUT2D eigenvalue weighted by Crippen LogP contribution is 2.34. The largest absolute Gasteiger partial charge is 0.516 e. The summed E-state index contributed by atoms with van der Waals surface area (Å²) >= 11 is 0. The zero-order chi connectivity index (χ0) is 28.2. The lowest BCUT2D eigenvalue weighted by atomic mass is 10.0. The van der Waals surface area contributed by atoms with Gasteiger partial charge in [-0.2, -0.15) is 21.6 Å². The summed E-state index contributed by atoms with van der Waals surface area (Å²) in [5, 5.41) is 7.77. The van der Waals surface area contributed by atoms with Crippen molar-refractivity contribution < 1.29 is 30.4 Å². The summed E-state index contributed by atoms with van der Waals surface area (Å²) in [6, 6.07) is 13.0. The van der Waals surface area contributed by atoms with Crippen LogP contribution < -0.4 is 4.31 Å². The molecule has 1 aliphatic heterocycles. The van der Waals surface area contributed by atoms with Crippen LogP contribution in [0.2, 0.25) is 0 Å². The van der Waals surface area contributed by atoms with Crippen LogP contribution >= 0.6 is 0 Å². The van der Waals surface area contributed by atoms with Crippen molar-refractivity contribution in [1.29, 1.82) is 0 Å². The van der Waals surface area contributed by atoms with Crippen molar-refractivity contribution in [1.82, 2.24) is 10.2 Å². The van der Waals surface area contributed by atoms with Gasteiger partial charge in [0, 0.05) is 17.8 Å². The van der Waals surface area contributed by atoms with Crippen molar-refractivity contribution in [3.05, 3.63) is 77.4 Å². The van der Waals surface area contributed by atoms with Crippen LogP contribution in [0.15, 0.2) is 59.6 Å². The van der Waals surface area contributed by atoms with Crippen molar-refractivity contribution in [2.75, 3.05) is 10.8 Å². The van der Waals surface area contributed by atoms with Gasteiger partial charge in [-0.3, -0.25) is 4.99 Å². The quantitative estimate of drug-likeness (QED) is 0.196. The number of nitrogens with zero attached hydrogens (tertiary/aromatic N) is 4. The van der Waals surface area contributed by atoms with Crippen LogP contribution in [0, 0.1) is 11.6 Å². The first kappa shape index (κ1) is 28.6. The maximum Gasteiger partial charge on any atom is 0.516 e. The highest BCUT2D eigenvalue weighted by molar-refractivity contribution is 7.93. The molecule has 0 amide bonds. The van der Waals surface area contributed by atoms with E-state index in [0.29, 0.717) is 36.2 Å². The fourth-order valence-corrected chi connectivity index (χ4v) is 5.41. The number of aliphatic imine (C=N–C) groups is 1. The Kier molecular flexibility index (Phi) is 8.63. The molecule has 3 aromatic rings. The van der Waals surface area contributed by atoms with E-state index in [0.717, 1.165) is 18.4 Å². The Hall–Kier alpha value is -3.41. The number of unbranched alkanes of at least 4 members (excludes halogenated alkanes) is 3. The number of sulfonamides is 1. The van der Waals surface area contributed by atoms with Gasteiger partial charge in [0.2, 0.25) is 0 Å². The highest BCUT2D eigenvalue weighted by atomic mass is 32.2. The van der Waals surface area contributed by atoms with Crippen LogP contribution in [0.25, 0.3) is 11.3 Å². The van der Waals surface area contributed by atoms with Crippen LogP contribution in [0.5, 0.6) is 0 Å². The van der Waals surface area contributed by atoms with Gasteiger partial charge in [-0.15, -0.1) is 10.2 Å². The average Bonchev–Trinajstić information content (AvgIpc) is 3.38. The predicted molar refractivity (Wildman–Crippen MR) is 139 cm³/mol. The Morgan fingerprint density at radius 1 is 0.923 bits per heavy atom. The van der Waals surface area contributed by atoms with Crippen LogP contribution in [0.1, 0.15) is 62.6 Å². The molecule has 0 aliphatic carbocycles. The predicted octanol–water partition coefficient (Wildman–Crippen LogP) is 6.98. The first-order chi connectivity index (χ1) is 18.5. The molecule has 1 aromatic heterocycles. The summed E-state index contributed by atoms with van der Waals surface area (Å²) in [6.07, 6.45) is 3.46. The smallest absolute Gasteiger partial charge is 0.281 e. The second-order valence-electron chi connectivity index (χ2n) is 9.21. The summed E-state index contributed by atoms with van der Waals surface area (Å²) in [7, 11) is -5.63. The van der Waals surface area contributed by atoms with Crippen LogP contribution in [-0.4, -0.2) is 36.4 Å². The molecule has 0 N–H and O–H groups in total. The standard InChI is InChI=1S/C27H27F5N4O2S/c1-2-3-4-5-17-36(39(37,38)27(30,31)32)25-16-15-23(34-35-25)19-11-9-18(10-12-19)22-13-14-24(33-22)26-20(28)7-6-8-21(26)29/h6-12,15-16,22H,2-5,13-14,17H2,1H3. The van der Waals surface area contributed by atoms with E-state index in [2.05, 4.69) is 15.2 Å². The number of hydrogen-bond acceptors (Lipinski definition) is 5. The Morgan fingerprint density at radius 2 is 1.62 bits per heavy atom. The van der Waals surface area contributed by atoms with Gasteiger partial charge in [-0.1, -0.05) is 56.5 Å². The monoisotopic (exact) mass is 566 g/mol. The zero-order valence-electron chi connectivity index (χ0n) is 21.1. The van der Waals surface area contributed by atoms with E-state index in [4.69, 9.17) is 0 Å². The van der Waals surface area contributed by atoms with Gasteiger partial charge in [0.15, 0.2) is 5.82 Å². The third-order valence-electron chi connectivity index (χ3n) is 6.51. The SMILES string of the molecule is CCCCCCN(c1ccc(-c2ccc(C3CCC(c4c(F)cccc4F)=N3)cc2)nn1)S(=O)(=O)C(F)(F)F. The lowest BCUT2D eigenvalue weighted by Gasteiger charge is -2.24. The van der Waals surface area contributed by atoms with Gasteiger partial charge in [-0.05, 0) is 49.1 Å². The summed E-state index contributed by atoms with van der Waals surface area (Å²) < 4.78 is 92.7. The first-order valence-corrected chi connectivity index (χ1v) is 14.0. The molecular weight excluding hydrogens is 539 g/mol. The number of aromatic nitrogens is 2. The Morgan fingerprint density at radius 3 is 2.21 bits per heavy atom. The van der Waals surface area contributed by atoms with Gasteiger partial charge in [0.1, 0.15) is 11.6 Å².